The zero-order chi connectivity index (χ0) is 11.0. The molecule has 5 heteroatoms. The molecule has 0 aromatic carbocycles. The van der Waals surface area contributed by atoms with E-state index in [-0.39, 0.29) is 5.43 Å². The van der Waals surface area contributed by atoms with Gasteiger partial charge in [0, 0.05) is 30.0 Å². The number of fused-ring (bicyclic) bond motifs is 1. The molecule has 1 unspecified atom stereocenters. The van der Waals surface area contributed by atoms with Crippen molar-refractivity contribution in [1.82, 2.24) is 14.6 Å². The van der Waals surface area contributed by atoms with Crippen LogP contribution < -0.4 is 5.43 Å². The Morgan fingerprint density at radius 1 is 1.56 bits per heavy atom. The van der Waals surface area contributed by atoms with Gasteiger partial charge in [0.25, 0.3) is 0 Å². The predicted molar refractivity (Wildman–Crippen MR) is 65.1 cm³/mol. The van der Waals surface area contributed by atoms with Gasteiger partial charge >= 0.3 is 0 Å². The van der Waals surface area contributed by atoms with Crippen LogP contribution >= 0.6 is 11.8 Å². The maximum absolute atomic E-state index is 11.2. The Bertz CT molecular complexity index is 554. The highest BCUT2D eigenvalue weighted by Gasteiger charge is 2.19. The number of nitrogens with one attached hydrogen (secondary N) is 1. The van der Waals surface area contributed by atoms with E-state index < -0.39 is 0 Å². The lowest BCUT2D eigenvalue weighted by Gasteiger charge is -2.18. The Balaban J connectivity index is 2.00. The number of hydrogen-bond donors (Lipinski definition) is 1. The molecule has 3 rings (SSSR count). The van der Waals surface area contributed by atoms with E-state index >= 15 is 0 Å². The highest BCUT2D eigenvalue weighted by molar-refractivity contribution is 7.99. The largest absolute Gasteiger partial charge is 0.290 e. The van der Waals surface area contributed by atoms with E-state index in [0.717, 1.165) is 17.2 Å². The van der Waals surface area contributed by atoms with Crippen molar-refractivity contribution in [1.29, 1.82) is 0 Å². The molecular formula is C11H13N3OS. The zero-order valence-electron chi connectivity index (χ0n) is 8.85. The van der Waals surface area contributed by atoms with Crippen molar-refractivity contribution >= 4 is 17.4 Å². The van der Waals surface area contributed by atoms with E-state index in [1.54, 1.807) is 18.3 Å². The SMILES string of the molecule is O=c1ccn2[nH]c(C3CCCSC3)nc2c1. The van der Waals surface area contributed by atoms with Gasteiger partial charge in [-0.2, -0.15) is 11.8 Å². The number of nitrogens with zero attached hydrogens (tertiary/aromatic N) is 2. The molecule has 1 atom stereocenters. The molecule has 1 saturated heterocycles. The number of rotatable bonds is 1. The molecule has 0 spiro atoms. The number of H-pyrrole nitrogens is 1. The summed E-state index contributed by atoms with van der Waals surface area (Å²) >= 11 is 1.98. The average Bonchev–Trinajstić information content (AvgIpc) is 2.73. The van der Waals surface area contributed by atoms with Crippen LogP contribution in [0.4, 0.5) is 0 Å². The van der Waals surface area contributed by atoms with Gasteiger partial charge in [0.2, 0.25) is 0 Å². The Kier molecular flexibility index (Phi) is 2.47. The molecule has 2 aromatic heterocycles. The Morgan fingerprint density at radius 2 is 2.50 bits per heavy atom. The molecule has 0 radical (unpaired) electrons. The van der Waals surface area contributed by atoms with Crippen molar-refractivity contribution in [3.05, 3.63) is 34.4 Å². The molecule has 16 heavy (non-hydrogen) atoms. The zero-order valence-corrected chi connectivity index (χ0v) is 9.67. The molecule has 1 aliphatic heterocycles. The van der Waals surface area contributed by atoms with E-state index in [1.165, 1.54) is 18.6 Å². The Hall–Kier alpha value is -1.23. The van der Waals surface area contributed by atoms with Crippen LogP contribution in [0.3, 0.4) is 0 Å². The third kappa shape index (κ3) is 1.75. The van der Waals surface area contributed by atoms with Crippen molar-refractivity contribution in [3.63, 3.8) is 0 Å². The fraction of sp³-hybridized carbons (Fsp3) is 0.455. The van der Waals surface area contributed by atoms with Crippen molar-refractivity contribution in [2.75, 3.05) is 11.5 Å². The van der Waals surface area contributed by atoms with Gasteiger partial charge < -0.3 is 0 Å². The summed E-state index contributed by atoms with van der Waals surface area (Å²) in [4.78, 5) is 15.7. The quantitative estimate of drug-likeness (QED) is 0.817. The number of pyridine rings is 1. The lowest BCUT2D eigenvalue weighted by Crippen LogP contribution is -2.10. The summed E-state index contributed by atoms with van der Waals surface area (Å²) in [5.41, 5.74) is 0.731. The normalized spacial score (nSPS) is 21.4. The fourth-order valence-corrected chi connectivity index (χ4v) is 3.21. The smallest absolute Gasteiger partial charge is 0.183 e. The first kappa shape index (κ1) is 9.96. The van der Waals surface area contributed by atoms with Crippen LogP contribution in [0.25, 0.3) is 5.65 Å². The molecule has 1 N–H and O–H groups in total. The van der Waals surface area contributed by atoms with Crippen LogP contribution in [0, 0.1) is 0 Å². The topological polar surface area (TPSA) is 50.2 Å². The van der Waals surface area contributed by atoms with Gasteiger partial charge in [-0.05, 0) is 18.6 Å². The van der Waals surface area contributed by atoms with Crippen LogP contribution in [-0.2, 0) is 0 Å². The summed E-state index contributed by atoms with van der Waals surface area (Å²) in [6.07, 6.45) is 4.19. The van der Waals surface area contributed by atoms with Gasteiger partial charge in [-0.1, -0.05) is 0 Å². The minimum Gasteiger partial charge on any atom is -0.290 e. The van der Waals surface area contributed by atoms with Gasteiger partial charge in [0.1, 0.15) is 5.82 Å². The van der Waals surface area contributed by atoms with E-state index in [4.69, 9.17) is 0 Å². The van der Waals surface area contributed by atoms with Crippen molar-refractivity contribution in [2.24, 2.45) is 0 Å². The molecule has 0 aliphatic carbocycles. The summed E-state index contributed by atoms with van der Waals surface area (Å²) < 4.78 is 1.82. The molecule has 0 saturated carbocycles. The standard InChI is InChI=1S/C11H13N3OS/c15-9-3-4-14-10(6-9)12-11(13-14)8-2-1-5-16-7-8/h3-4,6,8H,1-2,5,7H2,(H,12,13). The average molecular weight is 235 g/mol. The number of aromatic nitrogens is 3. The van der Waals surface area contributed by atoms with Crippen LogP contribution in [0.1, 0.15) is 24.6 Å². The highest BCUT2D eigenvalue weighted by atomic mass is 32.2. The minimum absolute atomic E-state index is 0.0102. The van der Waals surface area contributed by atoms with Crippen molar-refractivity contribution in [3.8, 4) is 0 Å². The maximum Gasteiger partial charge on any atom is 0.183 e. The monoisotopic (exact) mass is 235 g/mol. The van der Waals surface area contributed by atoms with Crippen molar-refractivity contribution in [2.45, 2.75) is 18.8 Å². The Labute approximate surface area is 97.1 Å². The lowest BCUT2D eigenvalue weighted by molar-refractivity contribution is 0.622. The third-order valence-electron chi connectivity index (χ3n) is 2.92. The molecule has 1 aliphatic rings. The van der Waals surface area contributed by atoms with Crippen LogP contribution in [0.2, 0.25) is 0 Å². The molecule has 84 valence electrons. The number of aromatic amines is 1. The fourth-order valence-electron chi connectivity index (χ4n) is 2.06. The van der Waals surface area contributed by atoms with Crippen LogP contribution in [0.5, 0.6) is 0 Å². The summed E-state index contributed by atoms with van der Waals surface area (Å²) in [5, 5.41) is 3.25. The van der Waals surface area contributed by atoms with E-state index in [0.29, 0.717) is 5.92 Å². The van der Waals surface area contributed by atoms with Gasteiger partial charge in [-0.3, -0.25) is 9.89 Å². The lowest BCUT2D eigenvalue weighted by atomic mass is 10.1. The van der Waals surface area contributed by atoms with Crippen LogP contribution in [0.15, 0.2) is 23.1 Å². The predicted octanol–water partition coefficient (Wildman–Crippen LogP) is 1.63. The molecule has 2 aromatic rings. The second-order valence-corrected chi connectivity index (χ2v) is 5.26. The third-order valence-corrected chi connectivity index (χ3v) is 4.14. The van der Waals surface area contributed by atoms with E-state index in [1.807, 2.05) is 16.3 Å². The first-order valence-corrected chi connectivity index (χ1v) is 6.64. The summed E-state index contributed by atoms with van der Waals surface area (Å²) in [6.45, 7) is 0. The van der Waals surface area contributed by atoms with Gasteiger partial charge in [0.15, 0.2) is 11.1 Å². The molecule has 0 amide bonds. The van der Waals surface area contributed by atoms with Crippen molar-refractivity contribution < 1.29 is 0 Å². The molecule has 3 heterocycles. The molecule has 1 fully saturated rings. The summed E-state index contributed by atoms with van der Waals surface area (Å²) in [5.74, 6) is 3.91. The molecule has 0 bridgehead atoms. The highest BCUT2D eigenvalue weighted by Crippen LogP contribution is 2.29. The number of hydrogen-bond acceptors (Lipinski definition) is 3. The summed E-state index contributed by atoms with van der Waals surface area (Å²) in [7, 11) is 0. The first-order valence-electron chi connectivity index (χ1n) is 5.49. The number of thioether (sulfide) groups is 1. The van der Waals surface area contributed by atoms with Crippen LogP contribution in [-0.4, -0.2) is 26.1 Å². The van der Waals surface area contributed by atoms with Gasteiger partial charge in [-0.15, -0.1) is 0 Å². The maximum atomic E-state index is 11.2. The van der Waals surface area contributed by atoms with Gasteiger partial charge in [0.05, 0.1) is 0 Å². The minimum atomic E-state index is 0.0102. The second kappa shape index (κ2) is 3.97. The molecule has 4 nitrogen and oxygen atoms in total. The van der Waals surface area contributed by atoms with E-state index in [2.05, 4.69) is 10.1 Å². The molecular weight excluding hydrogens is 222 g/mol. The summed E-state index contributed by atoms with van der Waals surface area (Å²) in [6, 6.07) is 3.11. The second-order valence-electron chi connectivity index (χ2n) is 4.11. The van der Waals surface area contributed by atoms with Gasteiger partial charge in [-0.25, -0.2) is 9.50 Å². The Morgan fingerprint density at radius 3 is 3.31 bits per heavy atom. The van der Waals surface area contributed by atoms with E-state index in [9.17, 15) is 4.79 Å². The first-order chi connectivity index (χ1) is 7.83.